The van der Waals surface area contributed by atoms with Crippen LogP contribution >= 0.6 is 23.1 Å². The normalized spacial score (nSPS) is 15.5. The van der Waals surface area contributed by atoms with Gasteiger partial charge in [0.1, 0.15) is 0 Å². The van der Waals surface area contributed by atoms with Crippen molar-refractivity contribution in [2.24, 2.45) is 5.92 Å². The van der Waals surface area contributed by atoms with Gasteiger partial charge in [-0.05, 0) is 36.8 Å². The van der Waals surface area contributed by atoms with Crippen molar-refractivity contribution in [3.05, 3.63) is 16.5 Å². The summed E-state index contributed by atoms with van der Waals surface area (Å²) in [5.41, 5.74) is 1.38. The van der Waals surface area contributed by atoms with Crippen LogP contribution in [0, 0.1) is 28.6 Å². The third kappa shape index (κ3) is 5.12. The van der Waals surface area contributed by atoms with Crippen molar-refractivity contribution < 1.29 is 9.21 Å². The number of carbonyl (C=O) groups excluding carboxylic acids is 1. The first-order chi connectivity index (χ1) is 13.6. The predicted octanol–water partition coefficient (Wildman–Crippen LogP) is 3.67. The molecule has 0 saturated heterocycles. The van der Waals surface area contributed by atoms with Gasteiger partial charge in [0.2, 0.25) is 5.91 Å². The van der Waals surface area contributed by atoms with Gasteiger partial charge in [-0.2, -0.15) is 10.5 Å². The van der Waals surface area contributed by atoms with Crippen molar-refractivity contribution in [3.8, 4) is 22.9 Å². The SMILES string of the molecule is C[C@@H]1CCc2sc(-c3nnc(SCC(=O)N(CCC#N)CCC#N)o3)cc2C1. The van der Waals surface area contributed by atoms with E-state index in [1.807, 2.05) is 12.1 Å². The number of nitriles is 2. The molecule has 0 saturated carbocycles. The Kier molecular flexibility index (Phi) is 7.07. The highest BCUT2D eigenvalue weighted by molar-refractivity contribution is 7.99. The van der Waals surface area contributed by atoms with Gasteiger partial charge in [-0.1, -0.05) is 18.7 Å². The van der Waals surface area contributed by atoms with E-state index in [9.17, 15) is 4.79 Å². The molecule has 2 aromatic rings. The molecule has 0 bridgehead atoms. The first-order valence-electron chi connectivity index (χ1n) is 9.20. The number of fused-ring (bicyclic) bond motifs is 1. The van der Waals surface area contributed by atoms with E-state index >= 15 is 0 Å². The van der Waals surface area contributed by atoms with E-state index in [1.54, 1.807) is 11.3 Å². The smallest absolute Gasteiger partial charge is 0.277 e. The third-order valence-corrected chi connectivity index (χ3v) is 6.63. The first kappa shape index (κ1) is 20.4. The quantitative estimate of drug-likeness (QED) is 0.605. The van der Waals surface area contributed by atoms with Crippen molar-refractivity contribution >= 4 is 29.0 Å². The standard InChI is InChI=1S/C19H21N5O2S2/c1-13-4-5-15-14(10-13)11-16(28-15)18-22-23-19(26-18)27-12-17(25)24(8-2-6-20)9-3-7-21/h11,13H,2-5,8-10,12H2,1H3/t13-/m1/s1. The van der Waals surface area contributed by atoms with Crippen LogP contribution in [0.4, 0.5) is 0 Å². The van der Waals surface area contributed by atoms with Crippen LogP contribution in [0.5, 0.6) is 0 Å². The van der Waals surface area contributed by atoms with Gasteiger partial charge in [0.25, 0.3) is 11.1 Å². The van der Waals surface area contributed by atoms with Gasteiger partial charge in [0.15, 0.2) is 0 Å². The molecule has 0 unspecified atom stereocenters. The minimum absolute atomic E-state index is 0.136. The Hall–Kier alpha value is -2.36. The van der Waals surface area contributed by atoms with E-state index in [1.165, 1.54) is 33.5 Å². The van der Waals surface area contributed by atoms with E-state index in [2.05, 4.69) is 23.2 Å². The average molecular weight is 416 g/mol. The van der Waals surface area contributed by atoms with Crippen LogP contribution in [-0.4, -0.2) is 39.8 Å². The molecule has 0 N–H and O–H groups in total. The Morgan fingerprint density at radius 2 is 2.11 bits per heavy atom. The molecule has 1 amide bonds. The molecule has 146 valence electrons. The molecule has 0 aromatic carbocycles. The lowest BCUT2D eigenvalue weighted by molar-refractivity contribution is -0.128. The predicted molar refractivity (Wildman–Crippen MR) is 107 cm³/mol. The highest BCUT2D eigenvalue weighted by Crippen LogP contribution is 2.37. The Bertz CT molecular complexity index is 890. The second-order valence-electron chi connectivity index (χ2n) is 6.77. The first-order valence-corrected chi connectivity index (χ1v) is 11.0. The number of carbonyl (C=O) groups is 1. The summed E-state index contributed by atoms with van der Waals surface area (Å²) in [5, 5.41) is 26.0. The molecule has 9 heteroatoms. The zero-order chi connectivity index (χ0) is 19.9. The molecule has 2 heterocycles. The number of hydrogen-bond donors (Lipinski definition) is 0. The van der Waals surface area contributed by atoms with Crippen LogP contribution in [0.3, 0.4) is 0 Å². The van der Waals surface area contributed by atoms with E-state index in [-0.39, 0.29) is 24.5 Å². The Labute approximate surface area is 172 Å². The van der Waals surface area contributed by atoms with Crippen molar-refractivity contribution in [2.75, 3.05) is 18.8 Å². The summed E-state index contributed by atoms with van der Waals surface area (Å²) in [6, 6.07) is 6.20. The number of rotatable bonds is 8. The zero-order valence-corrected chi connectivity index (χ0v) is 17.3. The third-order valence-electron chi connectivity index (χ3n) is 4.61. The second-order valence-corrected chi connectivity index (χ2v) is 8.83. The van der Waals surface area contributed by atoms with Crippen LogP contribution in [-0.2, 0) is 17.6 Å². The summed E-state index contributed by atoms with van der Waals surface area (Å²) < 4.78 is 5.74. The molecule has 0 fully saturated rings. The van der Waals surface area contributed by atoms with Gasteiger partial charge in [-0.3, -0.25) is 4.79 Å². The second kappa shape index (κ2) is 9.72. The van der Waals surface area contributed by atoms with Gasteiger partial charge >= 0.3 is 0 Å². The summed E-state index contributed by atoms with van der Waals surface area (Å²) in [6.45, 7) is 2.92. The molecule has 1 aliphatic carbocycles. The van der Waals surface area contributed by atoms with E-state index < -0.39 is 0 Å². The van der Waals surface area contributed by atoms with Crippen LogP contribution in [0.2, 0.25) is 0 Å². The van der Waals surface area contributed by atoms with E-state index in [0.717, 1.165) is 17.7 Å². The number of aromatic nitrogens is 2. The number of amides is 1. The Balaban J connectivity index is 1.59. The lowest BCUT2D eigenvalue weighted by Crippen LogP contribution is -2.34. The maximum Gasteiger partial charge on any atom is 0.277 e. The minimum atomic E-state index is -0.143. The molecule has 1 atom stereocenters. The average Bonchev–Trinajstić information content (AvgIpc) is 3.32. The highest BCUT2D eigenvalue weighted by Gasteiger charge is 2.21. The van der Waals surface area contributed by atoms with Crippen LogP contribution in [0.25, 0.3) is 10.8 Å². The number of thioether (sulfide) groups is 1. The largest absolute Gasteiger partial charge is 0.410 e. The monoisotopic (exact) mass is 415 g/mol. The minimum Gasteiger partial charge on any atom is -0.410 e. The van der Waals surface area contributed by atoms with Crippen molar-refractivity contribution in [1.29, 1.82) is 10.5 Å². The molecule has 1 aliphatic rings. The molecular weight excluding hydrogens is 394 g/mol. The van der Waals surface area contributed by atoms with Gasteiger partial charge in [0.05, 0.1) is 35.6 Å². The summed E-state index contributed by atoms with van der Waals surface area (Å²) in [6.07, 6.45) is 3.90. The van der Waals surface area contributed by atoms with Crippen molar-refractivity contribution in [3.63, 3.8) is 0 Å². The molecule has 3 rings (SSSR count). The molecular formula is C19H21N5O2S2. The van der Waals surface area contributed by atoms with Crippen LogP contribution in [0.15, 0.2) is 15.7 Å². The maximum absolute atomic E-state index is 12.4. The topological polar surface area (TPSA) is 107 Å². The van der Waals surface area contributed by atoms with Crippen LogP contribution < -0.4 is 0 Å². The summed E-state index contributed by atoms with van der Waals surface area (Å²) >= 11 is 2.89. The van der Waals surface area contributed by atoms with E-state index in [4.69, 9.17) is 14.9 Å². The van der Waals surface area contributed by atoms with Gasteiger partial charge in [0, 0.05) is 18.0 Å². The van der Waals surface area contributed by atoms with Gasteiger partial charge in [-0.25, -0.2) is 0 Å². The maximum atomic E-state index is 12.4. The fourth-order valence-electron chi connectivity index (χ4n) is 3.12. The van der Waals surface area contributed by atoms with E-state index in [0.29, 0.717) is 30.1 Å². The van der Waals surface area contributed by atoms with Crippen molar-refractivity contribution in [1.82, 2.24) is 15.1 Å². The summed E-state index contributed by atoms with van der Waals surface area (Å²) in [4.78, 5) is 16.3. The fourth-order valence-corrected chi connectivity index (χ4v) is 4.92. The number of thiophene rings is 1. The van der Waals surface area contributed by atoms with Crippen LogP contribution in [0.1, 0.15) is 36.6 Å². The molecule has 0 aliphatic heterocycles. The Morgan fingerprint density at radius 3 is 2.82 bits per heavy atom. The molecule has 0 spiro atoms. The lowest BCUT2D eigenvalue weighted by Gasteiger charge is -2.19. The highest BCUT2D eigenvalue weighted by atomic mass is 32.2. The Morgan fingerprint density at radius 1 is 1.36 bits per heavy atom. The molecule has 0 radical (unpaired) electrons. The number of hydrogen-bond acceptors (Lipinski definition) is 8. The summed E-state index contributed by atoms with van der Waals surface area (Å²) in [7, 11) is 0. The molecule has 2 aromatic heterocycles. The lowest BCUT2D eigenvalue weighted by atomic mass is 9.90. The number of aryl methyl sites for hydroxylation is 1. The van der Waals surface area contributed by atoms with Gasteiger partial charge < -0.3 is 9.32 Å². The number of nitrogens with zero attached hydrogens (tertiary/aromatic N) is 5. The fraction of sp³-hybridized carbons (Fsp3) is 0.526. The van der Waals surface area contributed by atoms with Crippen molar-refractivity contribution in [2.45, 2.75) is 44.3 Å². The molecule has 28 heavy (non-hydrogen) atoms. The van der Waals surface area contributed by atoms with Gasteiger partial charge in [-0.15, -0.1) is 21.5 Å². The zero-order valence-electron chi connectivity index (χ0n) is 15.7. The summed E-state index contributed by atoms with van der Waals surface area (Å²) in [5.74, 6) is 1.19. The molecule has 7 nitrogen and oxygen atoms in total.